The van der Waals surface area contributed by atoms with Crippen molar-refractivity contribution >= 4 is 17.2 Å². The van der Waals surface area contributed by atoms with Crippen LogP contribution in [0.1, 0.15) is 12.6 Å². The Hall–Kier alpha value is -0.940. The number of hydrogen-bond acceptors (Lipinski definition) is 4. The fraction of sp³-hybridized carbons (Fsp3) is 0.556. The van der Waals surface area contributed by atoms with Gasteiger partial charge in [0.25, 0.3) is 0 Å². The molecule has 1 rings (SSSR count). The molecule has 0 fully saturated rings. The summed E-state index contributed by atoms with van der Waals surface area (Å²) in [6.45, 7) is 2.50. The van der Waals surface area contributed by atoms with Crippen LogP contribution in [-0.2, 0) is 11.3 Å². The number of rotatable bonds is 4. The van der Waals surface area contributed by atoms with Crippen molar-refractivity contribution in [3.8, 4) is 0 Å². The number of carbonyl (C=O) groups excluding carboxylic acids is 1. The minimum atomic E-state index is -0.160. The molecule has 78 valence electrons. The van der Waals surface area contributed by atoms with E-state index in [0.29, 0.717) is 6.54 Å². The zero-order valence-electron chi connectivity index (χ0n) is 8.65. The Morgan fingerprint density at radius 1 is 1.71 bits per heavy atom. The fourth-order valence-corrected chi connectivity index (χ4v) is 1.62. The molecule has 0 unspecified atom stereocenters. The molecule has 0 aliphatic carbocycles. The first-order valence-corrected chi connectivity index (χ1v) is 5.37. The summed E-state index contributed by atoms with van der Waals surface area (Å²) in [6.07, 6.45) is 0. The Balaban J connectivity index is 2.35. The van der Waals surface area contributed by atoms with E-state index in [0.717, 1.165) is 5.69 Å². The van der Waals surface area contributed by atoms with Crippen molar-refractivity contribution in [2.45, 2.75) is 19.5 Å². The molecule has 5 heteroatoms. The molecule has 4 nitrogen and oxygen atoms in total. The lowest BCUT2D eigenvalue weighted by molar-refractivity contribution is -0.130. The lowest BCUT2D eigenvalue weighted by Crippen LogP contribution is -2.41. The maximum atomic E-state index is 11.4. The van der Waals surface area contributed by atoms with Gasteiger partial charge in [-0.2, -0.15) is 0 Å². The molecule has 0 spiro atoms. The number of thiazole rings is 1. The van der Waals surface area contributed by atoms with Crippen LogP contribution in [0.25, 0.3) is 0 Å². The largest absolute Gasteiger partial charge is 0.347 e. The Morgan fingerprint density at radius 2 is 2.43 bits per heavy atom. The summed E-state index contributed by atoms with van der Waals surface area (Å²) in [6, 6.07) is -0.160. The molecule has 1 aromatic heterocycles. The van der Waals surface area contributed by atoms with Crippen LogP contribution < -0.4 is 5.32 Å². The molecule has 0 saturated carbocycles. The third kappa shape index (κ3) is 3.08. The summed E-state index contributed by atoms with van der Waals surface area (Å²) in [7, 11) is 3.51. The number of aromatic nitrogens is 1. The van der Waals surface area contributed by atoms with Crippen LogP contribution >= 0.6 is 11.3 Å². The Morgan fingerprint density at radius 3 is 2.93 bits per heavy atom. The maximum absolute atomic E-state index is 11.4. The van der Waals surface area contributed by atoms with Gasteiger partial charge in [-0.1, -0.05) is 0 Å². The first-order chi connectivity index (χ1) is 6.61. The van der Waals surface area contributed by atoms with Crippen LogP contribution in [0.3, 0.4) is 0 Å². The molecule has 0 saturated heterocycles. The van der Waals surface area contributed by atoms with Crippen LogP contribution in [0.4, 0.5) is 0 Å². The van der Waals surface area contributed by atoms with Gasteiger partial charge in [-0.25, -0.2) is 4.98 Å². The predicted molar refractivity (Wildman–Crippen MR) is 57.1 cm³/mol. The molecule has 0 aliphatic rings. The molecule has 1 amide bonds. The van der Waals surface area contributed by atoms with Gasteiger partial charge in [0.05, 0.1) is 17.2 Å². The minimum Gasteiger partial charge on any atom is -0.347 e. The topological polar surface area (TPSA) is 45.2 Å². The average molecular weight is 213 g/mol. The van der Waals surface area contributed by atoms with Crippen molar-refractivity contribution in [1.82, 2.24) is 15.2 Å². The van der Waals surface area contributed by atoms with Gasteiger partial charge in [0.2, 0.25) is 5.91 Å². The van der Waals surface area contributed by atoms with Crippen LogP contribution in [0.15, 0.2) is 10.9 Å². The van der Waals surface area contributed by atoms with Crippen molar-refractivity contribution in [3.05, 3.63) is 16.6 Å². The molecule has 1 aromatic rings. The van der Waals surface area contributed by atoms with Crippen molar-refractivity contribution < 1.29 is 4.79 Å². The smallest absolute Gasteiger partial charge is 0.238 e. The predicted octanol–water partition coefficient (Wildman–Crippen LogP) is 0.709. The van der Waals surface area contributed by atoms with Gasteiger partial charge in [-0.15, -0.1) is 11.3 Å². The number of hydrogen-bond donors (Lipinski definition) is 1. The number of amides is 1. The monoisotopic (exact) mass is 213 g/mol. The van der Waals surface area contributed by atoms with Crippen molar-refractivity contribution in [3.63, 3.8) is 0 Å². The van der Waals surface area contributed by atoms with Crippen molar-refractivity contribution in [2.75, 3.05) is 14.1 Å². The van der Waals surface area contributed by atoms with Crippen LogP contribution in [0.5, 0.6) is 0 Å². The number of likely N-dealkylation sites (N-methyl/N-ethyl adjacent to an activating group) is 1. The second-order valence-electron chi connectivity index (χ2n) is 3.32. The lowest BCUT2D eigenvalue weighted by atomic mass is 10.3. The first kappa shape index (κ1) is 11.1. The summed E-state index contributed by atoms with van der Waals surface area (Å²) >= 11 is 1.56. The molecular weight excluding hydrogens is 198 g/mol. The van der Waals surface area contributed by atoms with Gasteiger partial charge in [0, 0.05) is 26.0 Å². The number of nitrogens with zero attached hydrogens (tertiary/aromatic N) is 2. The Kier molecular flexibility index (Phi) is 4.03. The van der Waals surface area contributed by atoms with Crippen LogP contribution in [0.2, 0.25) is 0 Å². The molecule has 1 atom stereocenters. The van der Waals surface area contributed by atoms with E-state index in [1.54, 1.807) is 35.8 Å². The Labute approximate surface area is 88.0 Å². The normalized spacial score (nSPS) is 12.5. The zero-order chi connectivity index (χ0) is 10.6. The molecule has 1 N–H and O–H groups in total. The van der Waals surface area contributed by atoms with Gasteiger partial charge in [0.1, 0.15) is 0 Å². The first-order valence-electron chi connectivity index (χ1n) is 4.43. The molecule has 1 heterocycles. The summed E-state index contributed by atoms with van der Waals surface area (Å²) < 4.78 is 0. The second-order valence-corrected chi connectivity index (χ2v) is 4.03. The maximum Gasteiger partial charge on any atom is 0.238 e. The van der Waals surface area contributed by atoms with Gasteiger partial charge in [-0.3, -0.25) is 4.79 Å². The molecule has 0 aliphatic heterocycles. The second kappa shape index (κ2) is 5.07. The minimum absolute atomic E-state index is 0.0835. The summed E-state index contributed by atoms with van der Waals surface area (Å²) in [5.74, 6) is 0.0835. The molecule has 0 radical (unpaired) electrons. The van der Waals surface area contributed by atoms with E-state index >= 15 is 0 Å². The van der Waals surface area contributed by atoms with E-state index in [1.807, 2.05) is 12.3 Å². The van der Waals surface area contributed by atoms with Crippen molar-refractivity contribution in [2.24, 2.45) is 0 Å². The number of nitrogens with one attached hydrogen (secondary N) is 1. The van der Waals surface area contributed by atoms with E-state index in [4.69, 9.17) is 0 Å². The highest BCUT2D eigenvalue weighted by molar-refractivity contribution is 7.07. The van der Waals surface area contributed by atoms with Gasteiger partial charge < -0.3 is 10.2 Å². The van der Waals surface area contributed by atoms with E-state index in [-0.39, 0.29) is 11.9 Å². The van der Waals surface area contributed by atoms with E-state index in [1.165, 1.54) is 0 Å². The number of carbonyl (C=O) groups is 1. The SMILES string of the molecule is C[C@@H](NCc1cscn1)C(=O)N(C)C. The molecule has 0 aromatic carbocycles. The van der Waals surface area contributed by atoms with Crippen LogP contribution in [-0.4, -0.2) is 35.9 Å². The highest BCUT2D eigenvalue weighted by Gasteiger charge is 2.13. The van der Waals surface area contributed by atoms with E-state index < -0.39 is 0 Å². The van der Waals surface area contributed by atoms with Gasteiger partial charge in [0.15, 0.2) is 0 Å². The standard InChI is InChI=1S/C9H15N3OS/c1-7(9(13)12(2)3)10-4-8-5-14-6-11-8/h5-7,10H,4H2,1-3H3/t7-/m1/s1. The molecule has 14 heavy (non-hydrogen) atoms. The summed E-state index contributed by atoms with van der Waals surface area (Å²) in [5.41, 5.74) is 2.77. The molecular formula is C9H15N3OS. The Bertz CT molecular complexity index is 284. The fourth-order valence-electron chi connectivity index (χ4n) is 1.06. The average Bonchev–Trinajstić information content (AvgIpc) is 2.65. The van der Waals surface area contributed by atoms with Gasteiger partial charge >= 0.3 is 0 Å². The zero-order valence-corrected chi connectivity index (χ0v) is 9.47. The lowest BCUT2D eigenvalue weighted by Gasteiger charge is -2.17. The van der Waals surface area contributed by atoms with E-state index in [2.05, 4.69) is 10.3 Å². The third-order valence-corrected chi connectivity index (χ3v) is 2.52. The highest BCUT2D eigenvalue weighted by atomic mass is 32.1. The summed E-state index contributed by atoms with van der Waals surface area (Å²) in [4.78, 5) is 17.2. The molecule has 0 bridgehead atoms. The van der Waals surface area contributed by atoms with Crippen LogP contribution in [0, 0.1) is 0 Å². The summed E-state index contributed by atoms with van der Waals surface area (Å²) in [5, 5.41) is 5.09. The van der Waals surface area contributed by atoms with Gasteiger partial charge in [-0.05, 0) is 6.92 Å². The third-order valence-electron chi connectivity index (χ3n) is 1.88. The quantitative estimate of drug-likeness (QED) is 0.801. The van der Waals surface area contributed by atoms with Crippen molar-refractivity contribution in [1.29, 1.82) is 0 Å². The highest BCUT2D eigenvalue weighted by Crippen LogP contribution is 2.00. The van der Waals surface area contributed by atoms with E-state index in [9.17, 15) is 4.79 Å².